The van der Waals surface area contributed by atoms with Crippen LogP contribution in [0.1, 0.15) is 18.1 Å². The van der Waals surface area contributed by atoms with Gasteiger partial charge >= 0.3 is 0 Å². The lowest BCUT2D eigenvalue weighted by molar-refractivity contribution is -0.0811. The Kier molecular flexibility index (Phi) is 3.79. The third kappa shape index (κ3) is 2.67. The van der Waals surface area contributed by atoms with Crippen molar-refractivity contribution in [1.29, 1.82) is 0 Å². The van der Waals surface area contributed by atoms with Crippen LogP contribution in [0, 0.1) is 5.82 Å². The SMILES string of the molecule is C=CCc1cc(CC)cc(F)c1OC1COC1. The maximum absolute atomic E-state index is 13.9. The van der Waals surface area contributed by atoms with Crippen LogP contribution < -0.4 is 4.74 Å². The number of ether oxygens (including phenoxy) is 2. The summed E-state index contributed by atoms with van der Waals surface area (Å²) in [7, 11) is 0. The van der Waals surface area contributed by atoms with E-state index in [4.69, 9.17) is 9.47 Å². The van der Waals surface area contributed by atoms with Gasteiger partial charge in [-0.2, -0.15) is 0 Å². The first-order valence-corrected chi connectivity index (χ1v) is 5.91. The molecule has 1 aromatic rings. The summed E-state index contributed by atoms with van der Waals surface area (Å²) in [6, 6.07) is 3.53. The fourth-order valence-electron chi connectivity index (χ4n) is 1.80. The van der Waals surface area contributed by atoms with Crippen molar-refractivity contribution in [3.63, 3.8) is 0 Å². The summed E-state index contributed by atoms with van der Waals surface area (Å²) in [6.07, 6.45) is 3.18. The van der Waals surface area contributed by atoms with Crippen molar-refractivity contribution < 1.29 is 13.9 Å². The first kappa shape index (κ1) is 12.1. The van der Waals surface area contributed by atoms with Gasteiger partial charge in [-0.25, -0.2) is 4.39 Å². The van der Waals surface area contributed by atoms with Gasteiger partial charge in [-0.3, -0.25) is 0 Å². The molecule has 0 amide bonds. The highest BCUT2D eigenvalue weighted by Gasteiger charge is 2.23. The second-order valence-electron chi connectivity index (χ2n) is 4.19. The maximum Gasteiger partial charge on any atom is 0.165 e. The molecular weight excluding hydrogens is 219 g/mol. The average molecular weight is 236 g/mol. The van der Waals surface area contributed by atoms with Crippen LogP contribution in [-0.4, -0.2) is 19.3 Å². The number of allylic oxidation sites excluding steroid dienone is 1. The fourth-order valence-corrected chi connectivity index (χ4v) is 1.80. The minimum absolute atomic E-state index is 0.0134. The lowest BCUT2D eigenvalue weighted by atomic mass is 10.0. The molecule has 0 atom stereocenters. The van der Waals surface area contributed by atoms with Crippen molar-refractivity contribution in [3.8, 4) is 5.75 Å². The highest BCUT2D eigenvalue weighted by atomic mass is 19.1. The van der Waals surface area contributed by atoms with Crippen molar-refractivity contribution >= 4 is 0 Å². The average Bonchev–Trinajstić information content (AvgIpc) is 2.25. The van der Waals surface area contributed by atoms with Crippen molar-refractivity contribution in [2.45, 2.75) is 25.9 Å². The smallest absolute Gasteiger partial charge is 0.165 e. The zero-order valence-corrected chi connectivity index (χ0v) is 10.0. The van der Waals surface area contributed by atoms with Crippen molar-refractivity contribution in [2.24, 2.45) is 0 Å². The van der Waals surface area contributed by atoms with E-state index in [2.05, 4.69) is 6.58 Å². The molecule has 2 nitrogen and oxygen atoms in total. The van der Waals surface area contributed by atoms with Crippen LogP contribution in [0.15, 0.2) is 24.8 Å². The third-order valence-electron chi connectivity index (χ3n) is 2.84. The molecule has 0 spiro atoms. The molecule has 1 saturated heterocycles. The Morgan fingerprint density at radius 1 is 1.53 bits per heavy atom. The van der Waals surface area contributed by atoms with Gasteiger partial charge in [0.2, 0.25) is 0 Å². The minimum atomic E-state index is -0.284. The Morgan fingerprint density at radius 2 is 2.29 bits per heavy atom. The standard InChI is InChI=1S/C14H17FO2/c1-3-5-11-6-10(4-2)7-13(15)14(11)17-12-8-16-9-12/h3,6-7,12H,1,4-5,8-9H2,2H3. The van der Waals surface area contributed by atoms with Gasteiger partial charge in [0, 0.05) is 5.56 Å². The van der Waals surface area contributed by atoms with Crippen molar-refractivity contribution in [1.82, 2.24) is 0 Å². The Labute approximate surface area is 101 Å². The Bertz CT molecular complexity index is 411. The Morgan fingerprint density at radius 3 is 2.82 bits per heavy atom. The summed E-state index contributed by atoms with van der Waals surface area (Å²) in [5.41, 5.74) is 1.85. The normalized spacial score (nSPS) is 15.4. The van der Waals surface area contributed by atoms with Gasteiger partial charge in [-0.15, -0.1) is 6.58 Å². The van der Waals surface area contributed by atoms with E-state index >= 15 is 0 Å². The number of rotatable bonds is 5. The van der Waals surface area contributed by atoms with Gasteiger partial charge in [0.25, 0.3) is 0 Å². The molecule has 2 rings (SSSR count). The molecule has 0 N–H and O–H groups in total. The largest absolute Gasteiger partial charge is 0.482 e. The lowest BCUT2D eigenvalue weighted by Gasteiger charge is -2.28. The molecule has 0 aliphatic carbocycles. The highest BCUT2D eigenvalue weighted by molar-refractivity contribution is 5.40. The summed E-state index contributed by atoms with van der Waals surface area (Å²) in [5.74, 6) is 0.0727. The van der Waals surface area contributed by atoms with E-state index in [-0.39, 0.29) is 11.9 Å². The summed E-state index contributed by atoms with van der Waals surface area (Å²) in [6.45, 7) is 6.79. The molecule has 92 valence electrons. The summed E-state index contributed by atoms with van der Waals surface area (Å²) < 4.78 is 24.6. The zero-order chi connectivity index (χ0) is 12.3. The second kappa shape index (κ2) is 5.32. The van der Waals surface area contributed by atoms with Gasteiger partial charge in [-0.1, -0.05) is 19.1 Å². The molecule has 1 aliphatic heterocycles. The monoisotopic (exact) mass is 236 g/mol. The van der Waals surface area contributed by atoms with Crippen LogP contribution in [0.4, 0.5) is 4.39 Å². The van der Waals surface area contributed by atoms with Gasteiger partial charge in [0.05, 0.1) is 13.2 Å². The predicted octanol–water partition coefficient (Wildman–Crippen LogP) is 2.89. The number of hydrogen-bond donors (Lipinski definition) is 0. The van der Waals surface area contributed by atoms with Crippen molar-refractivity contribution in [3.05, 3.63) is 41.7 Å². The second-order valence-corrected chi connectivity index (χ2v) is 4.19. The molecule has 0 radical (unpaired) electrons. The van der Waals surface area contributed by atoms with E-state index in [1.54, 1.807) is 12.1 Å². The number of halogens is 1. The number of aryl methyl sites for hydroxylation is 1. The molecular formula is C14H17FO2. The lowest BCUT2D eigenvalue weighted by Crippen LogP contribution is -2.39. The van der Waals surface area contributed by atoms with E-state index in [9.17, 15) is 4.39 Å². The molecule has 1 heterocycles. The van der Waals surface area contributed by atoms with Crippen LogP contribution in [-0.2, 0) is 17.6 Å². The first-order chi connectivity index (χ1) is 8.24. The highest BCUT2D eigenvalue weighted by Crippen LogP contribution is 2.28. The third-order valence-corrected chi connectivity index (χ3v) is 2.84. The molecule has 0 unspecified atom stereocenters. The van der Waals surface area contributed by atoms with E-state index < -0.39 is 0 Å². The summed E-state index contributed by atoms with van der Waals surface area (Å²) in [4.78, 5) is 0. The van der Waals surface area contributed by atoms with Crippen molar-refractivity contribution in [2.75, 3.05) is 13.2 Å². The molecule has 1 aliphatic rings. The van der Waals surface area contributed by atoms with Gasteiger partial charge in [-0.05, 0) is 24.5 Å². The van der Waals surface area contributed by atoms with E-state index in [1.807, 2.05) is 13.0 Å². The molecule has 17 heavy (non-hydrogen) atoms. The Balaban J connectivity index is 2.28. The van der Waals surface area contributed by atoms with Gasteiger partial charge in [0.1, 0.15) is 6.10 Å². The van der Waals surface area contributed by atoms with E-state index in [1.165, 1.54) is 0 Å². The van der Waals surface area contributed by atoms with Crippen LogP contribution in [0.3, 0.4) is 0 Å². The maximum atomic E-state index is 13.9. The molecule has 0 bridgehead atoms. The van der Waals surface area contributed by atoms with Gasteiger partial charge < -0.3 is 9.47 Å². The quantitative estimate of drug-likeness (QED) is 0.732. The van der Waals surface area contributed by atoms with Crippen LogP contribution in [0.25, 0.3) is 0 Å². The molecule has 3 heteroatoms. The fraction of sp³-hybridized carbons (Fsp3) is 0.429. The van der Waals surface area contributed by atoms with E-state index in [0.29, 0.717) is 25.4 Å². The minimum Gasteiger partial charge on any atom is -0.482 e. The van der Waals surface area contributed by atoms with Crippen LogP contribution >= 0.6 is 0 Å². The molecule has 1 fully saturated rings. The Hall–Kier alpha value is -1.35. The summed E-state index contributed by atoms with van der Waals surface area (Å²) >= 11 is 0. The summed E-state index contributed by atoms with van der Waals surface area (Å²) in [5, 5.41) is 0. The molecule has 0 aromatic heterocycles. The first-order valence-electron chi connectivity index (χ1n) is 5.91. The number of hydrogen-bond acceptors (Lipinski definition) is 2. The topological polar surface area (TPSA) is 18.5 Å². The van der Waals surface area contributed by atoms with Crippen LogP contribution in [0.2, 0.25) is 0 Å². The van der Waals surface area contributed by atoms with Gasteiger partial charge in [0.15, 0.2) is 11.6 Å². The molecule has 1 aromatic carbocycles. The number of benzene rings is 1. The van der Waals surface area contributed by atoms with E-state index in [0.717, 1.165) is 17.5 Å². The predicted molar refractivity (Wildman–Crippen MR) is 64.9 cm³/mol. The van der Waals surface area contributed by atoms with Crippen LogP contribution in [0.5, 0.6) is 5.75 Å². The molecule has 0 saturated carbocycles. The zero-order valence-electron chi connectivity index (χ0n) is 10.0.